The summed E-state index contributed by atoms with van der Waals surface area (Å²) in [5.41, 5.74) is 1.24. The molecule has 76 valence electrons. The standard InChI is InChI=1S/C11H13ClO2/c1-7-4-8(5-9(12)10(7)13)6-11(14)2-3-11/h4-5,13-14H,2-3,6H2,1H3. The number of rotatable bonds is 2. The monoisotopic (exact) mass is 212 g/mol. The molecule has 0 aliphatic heterocycles. The summed E-state index contributed by atoms with van der Waals surface area (Å²) >= 11 is 5.84. The van der Waals surface area contributed by atoms with E-state index in [4.69, 9.17) is 11.6 Å². The van der Waals surface area contributed by atoms with Gasteiger partial charge in [0.05, 0.1) is 10.6 Å². The first-order chi connectivity index (χ1) is 6.50. The third-order valence-electron chi connectivity index (χ3n) is 2.67. The summed E-state index contributed by atoms with van der Waals surface area (Å²) in [6, 6.07) is 3.59. The molecule has 1 aliphatic rings. The maximum absolute atomic E-state index is 9.73. The zero-order chi connectivity index (χ0) is 10.3. The van der Waals surface area contributed by atoms with E-state index in [0.29, 0.717) is 11.4 Å². The Labute approximate surface area is 88.1 Å². The predicted octanol–water partition coefficient (Wildman–Crippen LogP) is 2.42. The van der Waals surface area contributed by atoms with Crippen molar-refractivity contribution < 1.29 is 10.2 Å². The maximum atomic E-state index is 9.73. The number of aliphatic hydroxyl groups is 1. The summed E-state index contributed by atoms with van der Waals surface area (Å²) in [5.74, 6) is 0.137. The second-order valence-corrected chi connectivity index (χ2v) is 4.55. The van der Waals surface area contributed by atoms with E-state index in [1.165, 1.54) is 0 Å². The van der Waals surface area contributed by atoms with Crippen LogP contribution in [-0.2, 0) is 6.42 Å². The number of hydrogen-bond donors (Lipinski definition) is 2. The molecule has 1 aliphatic carbocycles. The second-order valence-electron chi connectivity index (χ2n) is 4.14. The normalized spacial score (nSPS) is 18.2. The van der Waals surface area contributed by atoms with Crippen molar-refractivity contribution in [2.45, 2.75) is 31.8 Å². The molecular weight excluding hydrogens is 200 g/mol. The van der Waals surface area contributed by atoms with E-state index >= 15 is 0 Å². The molecule has 0 radical (unpaired) electrons. The van der Waals surface area contributed by atoms with Crippen LogP contribution in [0.25, 0.3) is 0 Å². The summed E-state index contributed by atoms with van der Waals surface area (Å²) in [4.78, 5) is 0. The van der Waals surface area contributed by atoms with E-state index in [1.807, 2.05) is 13.0 Å². The van der Waals surface area contributed by atoms with Crippen molar-refractivity contribution in [1.82, 2.24) is 0 Å². The van der Waals surface area contributed by atoms with Crippen molar-refractivity contribution in [3.8, 4) is 5.75 Å². The van der Waals surface area contributed by atoms with Crippen LogP contribution in [0.15, 0.2) is 12.1 Å². The van der Waals surface area contributed by atoms with Crippen LogP contribution < -0.4 is 0 Å². The molecule has 1 aromatic rings. The molecule has 3 heteroatoms. The lowest BCUT2D eigenvalue weighted by molar-refractivity contribution is 0.151. The minimum Gasteiger partial charge on any atom is -0.506 e. The minimum absolute atomic E-state index is 0.137. The molecule has 0 spiro atoms. The van der Waals surface area contributed by atoms with Gasteiger partial charge in [-0.3, -0.25) is 0 Å². The van der Waals surface area contributed by atoms with Crippen molar-refractivity contribution in [2.75, 3.05) is 0 Å². The third-order valence-corrected chi connectivity index (χ3v) is 2.96. The van der Waals surface area contributed by atoms with Crippen LogP contribution in [0.5, 0.6) is 5.75 Å². The molecule has 0 amide bonds. The van der Waals surface area contributed by atoms with Crippen molar-refractivity contribution in [3.05, 3.63) is 28.3 Å². The van der Waals surface area contributed by atoms with Gasteiger partial charge in [0.1, 0.15) is 5.75 Å². The number of aryl methyl sites for hydroxylation is 1. The number of benzene rings is 1. The van der Waals surface area contributed by atoms with Gasteiger partial charge < -0.3 is 10.2 Å². The number of hydrogen-bond acceptors (Lipinski definition) is 2. The van der Waals surface area contributed by atoms with Gasteiger partial charge in [-0.1, -0.05) is 17.7 Å². The molecule has 2 N–H and O–H groups in total. The number of phenols is 1. The molecule has 0 unspecified atom stereocenters. The molecule has 0 atom stereocenters. The van der Waals surface area contributed by atoms with Crippen LogP contribution in [0.2, 0.25) is 5.02 Å². The number of phenolic OH excluding ortho intramolecular Hbond substituents is 1. The lowest BCUT2D eigenvalue weighted by Gasteiger charge is -2.10. The van der Waals surface area contributed by atoms with E-state index in [2.05, 4.69) is 0 Å². The predicted molar refractivity (Wildman–Crippen MR) is 55.7 cm³/mol. The molecule has 0 aromatic heterocycles. The Morgan fingerprint density at radius 3 is 2.57 bits per heavy atom. The highest BCUT2D eigenvalue weighted by Crippen LogP contribution is 2.39. The lowest BCUT2D eigenvalue weighted by atomic mass is 10.0. The van der Waals surface area contributed by atoms with E-state index in [0.717, 1.165) is 24.0 Å². The third kappa shape index (κ3) is 1.86. The van der Waals surface area contributed by atoms with E-state index in [-0.39, 0.29) is 5.75 Å². The summed E-state index contributed by atoms with van der Waals surface area (Å²) < 4.78 is 0. The largest absolute Gasteiger partial charge is 0.506 e. The molecule has 0 bridgehead atoms. The fourth-order valence-corrected chi connectivity index (χ4v) is 1.90. The highest BCUT2D eigenvalue weighted by Gasteiger charge is 2.40. The number of aromatic hydroxyl groups is 1. The summed E-state index contributed by atoms with van der Waals surface area (Å²) in [6.45, 7) is 1.81. The molecule has 1 fully saturated rings. The zero-order valence-electron chi connectivity index (χ0n) is 8.05. The van der Waals surface area contributed by atoms with Crippen molar-refractivity contribution in [2.24, 2.45) is 0 Å². The first kappa shape index (κ1) is 9.81. The number of halogens is 1. The first-order valence-electron chi connectivity index (χ1n) is 4.71. The van der Waals surface area contributed by atoms with Crippen molar-refractivity contribution in [1.29, 1.82) is 0 Å². The van der Waals surface area contributed by atoms with Gasteiger partial charge in [-0.05, 0) is 37.0 Å². The molecule has 2 rings (SSSR count). The van der Waals surface area contributed by atoms with Gasteiger partial charge in [-0.25, -0.2) is 0 Å². The van der Waals surface area contributed by atoms with E-state index in [9.17, 15) is 10.2 Å². The van der Waals surface area contributed by atoms with Crippen LogP contribution in [0.1, 0.15) is 24.0 Å². The Morgan fingerprint density at radius 2 is 2.07 bits per heavy atom. The first-order valence-corrected chi connectivity index (χ1v) is 5.08. The highest BCUT2D eigenvalue weighted by molar-refractivity contribution is 6.32. The smallest absolute Gasteiger partial charge is 0.137 e. The molecule has 1 saturated carbocycles. The van der Waals surface area contributed by atoms with Crippen LogP contribution in [-0.4, -0.2) is 15.8 Å². The fourth-order valence-electron chi connectivity index (χ4n) is 1.61. The lowest BCUT2D eigenvalue weighted by Crippen LogP contribution is -2.10. The van der Waals surface area contributed by atoms with E-state index < -0.39 is 5.60 Å². The fraction of sp³-hybridized carbons (Fsp3) is 0.455. The molecule has 0 saturated heterocycles. The summed E-state index contributed by atoms with van der Waals surface area (Å²) in [6.07, 6.45) is 2.36. The van der Waals surface area contributed by atoms with Gasteiger partial charge in [0.2, 0.25) is 0 Å². The van der Waals surface area contributed by atoms with Crippen LogP contribution in [0, 0.1) is 6.92 Å². The maximum Gasteiger partial charge on any atom is 0.137 e. The summed E-state index contributed by atoms with van der Waals surface area (Å²) in [7, 11) is 0. The highest BCUT2D eigenvalue weighted by atomic mass is 35.5. The molecule has 1 aromatic carbocycles. The summed E-state index contributed by atoms with van der Waals surface area (Å²) in [5, 5.41) is 19.5. The second kappa shape index (κ2) is 3.14. The SMILES string of the molecule is Cc1cc(CC2(O)CC2)cc(Cl)c1O. The topological polar surface area (TPSA) is 40.5 Å². The average molecular weight is 213 g/mol. The van der Waals surface area contributed by atoms with Gasteiger partial charge >= 0.3 is 0 Å². The van der Waals surface area contributed by atoms with Crippen molar-refractivity contribution in [3.63, 3.8) is 0 Å². The van der Waals surface area contributed by atoms with Gasteiger partial charge in [0, 0.05) is 6.42 Å². The average Bonchev–Trinajstić information content (AvgIpc) is 2.79. The Balaban J connectivity index is 2.26. The van der Waals surface area contributed by atoms with Crippen LogP contribution in [0.3, 0.4) is 0 Å². The Kier molecular flexibility index (Phi) is 2.20. The van der Waals surface area contributed by atoms with Gasteiger partial charge in [0.25, 0.3) is 0 Å². The van der Waals surface area contributed by atoms with Gasteiger partial charge in [-0.2, -0.15) is 0 Å². The van der Waals surface area contributed by atoms with Crippen LogP contribution in [0.4, 0.5) is 0 Å². The van der Waals surface area contributed by atoms with Gasteiger partial charge in [-0.15, -0.1) is 0 Å². The Bertz CT molecular complexity index is 347. The molecular formula is C11H13ClO2. The van der Waals surface area contributed by atoms with Crippen LogP contribution >= 0.6 is 11.6 Å². The zero-order valence-corrected chi connectivity index (χ0v) is 8.80. The minimum atomic E-state index is -0.507. The van der Waals surface area contributed by atoms with Crippen molar-refractivity contribution >= 4 is 11.6 Å². The van der Waals surface area contributed by atoms with E-state index in [1.54, 1.807) is 6.07 Å². The quantitative estimate of drug-likeness (QED) is 0.791. The Morgan fingerprint density at radius 1 is 1.43 bits per heavy atom. The Hall–Kier alpha value is -0.730. The molecule has 0 heterocycles. The molecule has 2 nitrogen and oxygen atoms in total. The molecule has 14 heavy (non-hydrogen) atoms. The van der Waals surface area contributed by atoms with Gasteiger partial charge in [0.15, 0.2) is 0 Å².